The third-order valence-corrected chi connectivity index (χ3v) is 16.7. The van der Waals surface area contributed by atoms with E-state index in [0.29, 0.717) is 53.0 Å². The Bertz CT molecular complexity index is 3850. The van der Waals surface area contributed by atoms with E-state index in [1.807, 2.05) is 121 Å². The Labute approximate surface area is 525 Å². The van der Waals surface area contributed by atoms with E-state index in [-0.39, 0.29) is 36.5 Å². The third kappa shape index (κ3) is 16.4. The van der Waals surface area contributed by atoms with Crippen molar-refractivity contribution in [1.29, 1.82) is 0 Å². The number of imidazole rings is 2. The van der Waals surface area contributed by atoms with Gasteiger partial charge in [0.2, 0.25) is 0 Å². The fraction of sp³-hybridized carbons (Fsp3) is 0.292. The average Bonchev–Trinajstić information content (AvgIpc) is 1.76. The van der Waals surface area contributed by atoms with E-state index in [2.05, 4.69) is 104 Å². The number of nitrogens with one attached hydrogen (secondary N) is 2. The van der Waals surface area contributed by atoms with Gasteiger partial charge in [-0.3, -0.25) is 13.3 Å². The molecule has 6 aromatic carbocycles. The van der Waals surface area contributed by atoms with Gasteiger partial charge in [0.05, 0.1) is 37.9 Å². The van der Waals surface area contributed by atoms with Crippen LogP contribution in [0.1, 0.15) is 58.2 Å². The van der Waals surface area contributed by atoms with Crippen molar-refractivity contribution >= 4 is 68.5 Å². The smallest absolute Gasteiger partial charge is 0.264 e. The zero-order valence-corrected chi connectivity index (χ0v) is 51.5. The fourth-order valence-electron chi connectivity index (χ4n) is 10.4. The molecular weight excluding hydrogens is 1190 g/mol. The summed E-state index contributed by atoms with van der Waals surface area (Å²) < 4.78 is 53.7. The minimum absolute atomic E-state index is 0.0323. The maximum absolute atomic E-state index is 11.7. The molecule has 2 aliphatic heterocycles. The van der Waals surface area contributed by atoms with E-state index in [0.717, 1.165) is 27.2 Å². The van der Waals surface area contributed by atoms with Crippen molar-refractivity contribution in [2.45, 2.75) is 83.1 Å². The molecule has 0 radical (unpaired) electrons. The van der Waals surface area contributed by atoms with Crippen LogP contribution in [0.5, 0.6) is 0 Å². The second-order valence-corrected chi connectivity index (χ2v) is 24.3. The quantitative estimate of drug-likeness (QED) is 0.0191. The molecule has 0 aliphatic carbocycles. The molecule has 464 valence electrons. The summed E-state index contributed by atoms with van der Waals surface area (Å²) in [4.78, 5) is 30.0. The maximum Gasteiger partial charge on any atom is 0.264 e. The highest BCUT2D eigenvalue weighted by Gasteiger charge is 2.46. The number of thioether (sulfide) groups is 1. The number of ether oxygens (including phenoxy) is 4. The van der Waals surface area contributed by atoms with E-state index in [1.54, 1.807) is 22.7 Å². The Morgan fingerprint density at radius 1 is 0.539 bits per heavy atom. The molecule has 0 unspecified atom stereocenters. The van der Waals surface area contributed by atoms with Crippen LogP contribution in [0.3, 0.4) is 0 Å². The number of methoxy groups -OCH3 is 2. The Morgan fingerprint density at radius 2 is 0.910 bits per heavy atom. The molecule has 8 atom stereocenters. The number of hydrogen-bond donors (Lipinski definition) is 7. The molecule has 2 fully saturated rings. The topological polar surface area (TPSA) is 272 Å². The zero-order chi connectivity index (χ0) is 62.3. The van der Waals surface area contributed by atoms with Gasteiger partial charge in [-0.05, 0) is 46.5 Å². The van der Waals surface area contributed by atoms with Crippen molar-refractivity contribution in [1.82, 2.24) is 39.0 Å². The molecule has 4 aromatic heterocycles. The molecule has 2 aliphatic rings. The Morgan fingerprint density at radius 3 is 1.28 bits per heavy atom. The molecule has 0 amide bonds. The van der Waals surface area contributed by atoms with Gasteiger partial charge in [-0.25, -0.2) is 29.9 Å². The van der Waals surface area contributed by atoms with Crippen LogP contribution in [-0.4, -0.2) is 151 Å². The molecule has 21 nitrogen and oxygen atoms in total. The molecule has 6 heterocycles. The van der Waals surface area contributed by atoms with Gasteiger partial charge >= 0.3 is 0 Å². The molecule has 10 aromatic rings. The number of aliphatic hydroxyl groups excluding tert-OH is 4. The van der Waals surface area contributed by atoms with Crippen molar-refractivity contribution in [3.05, 3.63) is 229 Å². The molecule has 24 heteroatoms. The van der Waals surface area contributed by atoms with Gasteiger partial charge in [-0.2, -0.15) is 8.42 Å². The van der Waals surface area contributed by atoms with E-state index in [9.17, 15) is 28.8 Å². The third-order valence-electron chi connectivity index (χ3n) is 14.8. The highest BCUT2D eigenvalue weighted by molar-refractivity contribution is 7.98. The number of nitrogens with zero attached hydrogens (tertiary/aromatic N) is 8. The Kier molecular flexibility index (Phi) is 22.2. The molecule has 12 rings (SSSR count). The lowest BCUT2D eigenvalue weighted by Crippen LogP contribution is -2.33. The SMILES string of the molecule is COC[C@H]1O[C@@H](n2cnc3c(NCC(c4ccccc4)c4ccccc4)nc(COS(C)(=O)=O)nc32)[C@H](O)[C@@H]1O.COC[C@H]1O[C@@H](n2cnc3c(NCC(c4ccccc4)c4ccccc4)nc(CSc4ccccc4)nc32)[C@H](O)[C@@H]1O.Sc1ccccc1. The molecule has 0 spiro atoms. The summed E-state index contributed by atoms with van der Waals surface area (Å²) in [5, 5.41) is 49.5. The number of anilines is 2. The van der Waals surface area contributed by atoms with Crippen LogP contribution in [-0.2, 0) is 45.6 Å². The highest BCUT2D eigenvalue weighted by Crippen LogP contribution is 2.36. The normalized spacial score (nSPS) is 19.9. The van der Waals surface area contributed by atoms with Gasteiger partial charge in [0.1, 0.15) is 49.1 Å². The predicted octanol–water partition coefficient (Wildman–Crippen LogP) is 8.42. The second kappa shape index (κ2) is 30.7. The van der Waals surface area contributed by atoms with Crippen LogP contribution in [0.25, 0.3) is 22.3 Å². The molecule has 6 N–H and O–H groups in total. The second-order valence-electron chi connectivity index (χ2n) is 21.0. The largest absolute Gasteiger partial charge is 0.387 e. The predicted molar refractivity (Wildman–Crippen MR) is 342 cm³/mol. The van der Waals surface area contributed by atoms with E-state index in [4.69, 9.17) is 33.1 Å². The van der Waals surface area contributed by atoms with Crippen LogP contribution < -0.4 is 10.6 Å². The summed E-state index contributed by atoms with van der Waals surface area (Å²) in [6.45, 7) is 0.851. The monoisotopic (exact) mass is 1260 g/mol. The van der Waals surface area contributed by atoms with E-state index < -0.39 is 65.8 Å². The minimum Gasteiger partial charge on any atom is -0.387 e. The number of fused-ring (bicyclic) bond motifs is 2. The fourth-order valence-corrected chi connectivity index (χ4v) is 11.7. The lowest BCUT2D eigenvalue weighted by molar-refractivity contribution is -0.0580. The van der Waals surface area contributed by atoms with Crippen molar-refractivity contribution in [3.63, 3.8) is 0 Å². The minimum atomic E-state index is -3.76. The molecule has 2 saturated heterocycles. The molecular formula is C65H70N10O11S3. The van der Waals surface area contributed by atoms with Crippen LogP contribution in [0.2, 0.25) is 0 Å². The summed E-state index contributed by atoms with van der Waals surface area (Å²) in [5.41, 5.74) is 6.29. The van der Waals surface area contributed by atoms with Gasteiger partial charge in [0.15, 0.2) is 52.2 Å². The average molecular weight is 1260 g/mol. The molecule has 89 heavy (non-hydrogen) atoms. The number of benzene rings is 6. The van der Waals surface area contributed by atoms with Crippen molar-refractivity contribution in [3.8, 4) is 0 Å². The van der Waals surface area contributed by atoms with Crippen LogP contribution in [0.4, 0.5) is 11.6 Å². The molecule has 0 saturated carbocycles. The van der Waals surface area contributed by atoms with Crippen molar-refractivity contribution in [2.75, 3.05) is 57.4 Å². The van der Waals surface area contributed by atoms with Gasteiger partial charge in [-0.1, -0.05) is 158 Å². The van der Waals surface area contributed by atoms with Crippen LogP contribution in [0, 0.1) is 0 Å². The van der Waals surface area contributed by atoms with Crippen molar-refractivity contribution in [2.24, 2.45) is 0 Å². The number of aliphatic hydroxyl groups is 4. The summed E-state index contributed by atoms with van der Waals surface area (Å²) in [6, 6.07) is 60.7. The summed E-state index contributed by atoms with van der Waals surface area (Å²) in [7, 11) is -0.761. The van der Waals surface area contributed by atoms with Gasteiger partial charge < -0.3 is 50.0 Å². The van der Waals surface area contributed by atoms with Gasteiger partial charge in [-0.15, -0.1) is 24.4 Å². The number of thiol groups is 1. The first-order chi connectivity index (χ1) is 43.3. The summed E-state index contributed by atoms with van der Waals surface area (Å²) in [6.07, 6.45) is -4.07. The Balaban J connectivity index is 0.000000177. The van der Waals surface area contributed by atoms with Gasteiger partial charge in [0.25, 0.3) is 10.1 Å². The van der Waals surface area contributed by atoms with Crippen LogP contribution in [0.15, 0.2) is 204 Å². The first-order valence-electron chi connectivity index (χ1n) is 28.7. The summed E-state index contributed by atoms with van der Waals surface area (Å²) >= 11 is 5.72. The number of aromatic nitrogens is 8. The first kappa shape index (κ1) is 64.3. The number of rotatable bonds is 22. The lowest BCUT2D eigenvalue weighted by atomic mass is 9.91. The zero-order valence-electron chi connectivity index (χ0n) is 49.0. The highest BCUT2D eigenvalue weighted by atomic mass is 32.2. The number of hydrogen-bond acceptors (Lipinski definition) is 21. The molecule has 0 bridgehead atoms. The summed E-state index contributed by atoms with van der Waals surface area (Å²) in [5.74, 6) is 2.22. The maximum atomic E-state index is 11.7. The lowest BCUT2D eigenvalue weighted by Gasteiger charge is -2.20. The van der Waals surface area contributed by atoms with Gasteiger partial charge in [0, 0.05) is 48.9 Å². The van der Waals surface area contributed by atoms with E-state index in [1.165, 1.54) is 36.2 Å². The van der Waals surface area contributed by atoms with Crippen molar-refractivity contribution < 1.29 is 52.0 Å². The Hall–Kier alpha value is -7.69. The van der Waals surface area contributed by atoms with Crippen LogP contribution >= 0.6 is 24.4 Å². The first-order valence-corrected chi connectivity index (χ1v) is 31.9. The standard InChI is InChI=1S/C32H33N5O4S.C27H31N5O7S.C6H6S/c1-40-18-25-28(38)29(39)32(41-25)37-20-34-27-30(35-26(36-31(27)37)19-42-23-15-9-4-10-16-23)33-17-24(21-11-5-2-6-12-21)22-13-7-3-8-14-22;1-37-14-20-23(33)24(34)27(39-20)32-16-29-22-25(30-21(31-26(22)32)15-38-40(2,35)36)28-13-19(17-9-5-3-6-10-17)18-11-7-4-8-12-18;7-6-4-2-1-3-5-6/h2-16,20,24-25,28-29,32,38-39H,17-19H2,1H3,(H,33,35,36);3-12,16,19-20,23-24,27,33-34H,13-15H2,1-2H3,(H,28,30,31);1-5,7H/t25-,28-,29-,32-;20-,23-,24-,27-;/m11./s1. The van der Waals surface area contributed by atoms with E-state index >= 15 is 0 Å².